The molecule has 4 atom stereocenters. The molecular weight excluding hydrogens is 512 g/mol. The Morgan fingerprint density at radius 1 is 1.10 bits per heavy atom. The van der Waals surface area contributed by atoms with E-state index in [-0.39, 0.29) is 23.3 Å². The number of rotatable bonds is 6. The summed E-state index contributed by atoms with van der Waals surface area (Å²) in [5, 5.41) is 2.76. The van der Waals surface area contributed by atoms with E-state index in [0.29, 0.717) is 6.54 Å². The minimum Gasteiger partial charge on any atom is -0.453 e. The molecule has 2 saturated carbocycles. The number of aromatic nitrogens is 2. The maximum absolute atomic E-state index is 13.7. The molecule has 2 amide bonds. The lowest BCUT2D eigenvalue weighted by Gasteiger charge is -2.31. The van der Waals surface area contributed by atoms with Gasteiger partial charge in [0.25, 0.3) is 0 Å². The Kier molecular flexibility index (Phi) is 6.25. The van der Waals surface area contributed by atoms with Gasteiger partial charge in [0.1, 0.15) is 11.9 Å². The number of H-pyrrole nitrogens is 1. The van der Waals surface area contributed by atoms with E-state index in [2.05, 4.69) is 53.6 Å². The lowest BCUT2D eigenvalue weighted by atomic mass is 9.73. The first-order valence-corrected chi connectivity index (χ1v) is 15.2. The van der Waals surface area contributed by atoms with E-state index in [9.17, 15) is 9.59 Å². The van der Waals surface area contributed by atoms with E-state index in [4.69, 9.17) is 9.72 Å². The number of carbonyl (C=O) groups excluding carboxylic acids is 2. The van der Waals surface area contributed by atoms with Crippen LogP contribution in [0.5, 0.6) is 0 Å². The van der Waals surface area contributed by atoms with Gasteiger partial charge in [-0.2, -0.15) is 0 Å². The molecule has 3 fully saturated rings. The number of aromatic amines is 1. The second-order valence-corrected chi connectivity index (χ2v) is 13.3. The van der Waals surface area contributed by atoms with Crippen molar-refractivity contribution in [3.8, 4) is 22.4 Å². The van der Waals surface area contributed by atoms with Crippen molar-refractivity contribution < 1.29 is 14.3 Å². The van der Waals surface area contributed by atoms with Crippen LogP contribution in [0, 0.1) is 24.2 Å². The first-order chi connectivity index (χ1) is 19.8. The molecule has 7 heteroatoms. The van der Waals surface area contributed by atoms with Crippen molar-refractivity contribution in [3.05, 3.63) is 65.1 Å². The number of ether oxygens (including phenoxy) is 1. The first kappa shape index (κ1) is 26.3. The van der Waals surface area contributed by atoms with Crippen molar-refractivity contribution in [3.63, 3.8) is 0 Å². The van der Waals surface area contributed by atoms with E-state index in [1.807, 2.05) is 24.9 Å². The van der Waals surface area contributed by atoms with Gasteiger partial charge in [0.2, 0.25) is 5.91 Å². The molecule has 3 aromatic rings. The fourth-order valence-electron chi connectivity index (χ4n) is 7.61. The van der Waals surface area contributed by atoms with Gasteiger partial charge in [-0.05, 0) is 102 Å². The topological polar surface area (TPSA) is 87.3 Å². The fourth-order valence-corrected chi connectivity index (χ4v) is 7.61. The molecule has 2 aromatic carbocycles. The largest absolute Gasteiger partial charge is 0.453 e. The van der Waals surface area contributed by atoms with Crippen LogP contribution in [0.25, 0.3) is 22.4 Å². The van der Waals surface area contributed by atoms with Crippen LogP contribution < -0.4 is 5.32 Å². The van der Waals surface area contributed by atoms with Gasteiger partial charge in [-0.15, -0.1) is 0 Å². The number of amides is 2. The number of methoxy groups -OCH3 is 1. The van der Waals surface area contributed by atoms with Gasteiger partial charge in [0.15, 0.2) is 0 Å². The number of nitrogens with one attached hydrogen (secondary N) is 2. The van der Waals surface area contributed by atoms with Crippen molar-refractivity contribution >= 4 is 12.0 Å². The van der Waals surface area contributed by atoms with Gasteiger partial charge >= 0.3 is 6.09 Å². The summed E-state index contributed by atoms with van der Waals surface area (Å²) in [6.45, 7) is 6.85. The average Bonchev–Trinajstić information content (AvgIpc) is 3.25. The summed E-state index contributed by atoms with van der Waals surface area (Å²) in [6.07, 6.45) is 8.39. The molecule has 2 heterocycles. The minimum atomic E-state index is -0.640. The van der Waals surface area contributed by atoms with Crippen LogP contribution in [-0.4, -0.2) is 46.6 Å². The molecule has 0 bridgehead atoms. The fraction of sp³-hybridized carbons (Fsp3) is 0.500. The summed E-state index contributed by atoms with van der Waals surface area (Å²) < 4.78 is 4.80. The van der Waals surface area contributed by atoms with Crippen LogP contribution in [0.1, 0.15) is 80.4 Å². The second kappa shape index (κ2) is 9.74. The number of alkyl carbamates (subject to hydrolysis) is 1. The molecule has 41 heavy (non-hydrogen) atoms. The van der Waals surface area contributed by atoms with E-state index in [1.165, 1.54) is 43.1 Å². The van der Waals surface area contributed by atoms with E-state index >= 15 is 0 Å². The Morgan fingerprint density at radius 3 is 2.51 bits per heavy atom. The zero-order chi connectivity index (χ0) is 28.5. The zero-order valence-corrected chi connectivity index (χ0v) is 24.5. The van der Waals surface area contributed by atoms with Gasteiger partial charge in [0.05, 0.1) is 25.0 Å². The molecule has 0 radical (unpaired) electrons. The highest BCUT2D eigenvalue weighted by Gasteiger charge is 2.55. The summed E-state index contributed by atoms with van der Waals surface area (Å²) in [5.74, 6) is 2.26. The summed E-state index contributed by atoms with van der Waals surface area (Å²) in [4.78, 5) is 36.0. The van der Waals surface area contributed by atoms with Crippen molar-refractivity contribution in [2.24, 2.45) is 17.3 Å². The number of hydrogen-bond donors (Lipinski definition) is 2. The molecule has 7 rings (SSSR count). The normalized spacial score (nSPS) is 24.1. The monoisotopic (exact) mass is 552 g/mol. The number of likely N-dealkylation sites (tertiary alicyclic amines) is 1. The average molecular weight is 553 g/mol. The van der Waals surface area contributed by atoms with Gasteiger partial charge in [0, 0.05) is 6.54 Å². The quantitative estimate of drug-likeness (QED) is 0.364. The number of nitrogens with zero attached hydrogens (tertiary/aromatic N) is 2. The number of benzene rings is 2. The third-order valence-corrected chi connectivity index (χ3v) is 10.4. The highest BCUT2D eigenvalue weighted by Crippen LogP contribution is 2.58. The number of carbonyl (C=O) groups is 2. The molecule has 1 saturated heterocycles. The third kappa shape index (κ3) is 4.45. The van der Waals surface area contributed by atoms with Crippen molar-refractivity contribution in [1.29, 1.82) is 0 Å². The SMILES string of the molecule is COC(=O)N[C@H](C(=O)N1CC2(CC2)C[C@H]1c1ncc(-c2ccc(-c3ccc(C)c4c3C3CCC3C4)cc2)[nH]1)C(C)C. The van der Waals surface area contributed by atoms with Gasteiger partial charge in [-0.3, -0.25) is 4.79 Å². The van der Waals surface area contributed by atoms with E-state index < -0.39 is 12.1 Å². The summed E-state index contributed by atoms with van der Waals surface area (Å²) in [7, 11) is 1.32. The Bertz CT molecular complexity index is 1500. The van der Waals surface area contributed by atoms with Crippen LogP contribution in [0.4, 0.5) is 4.79 Å². The molecule has 1 aromatic heterocycles. The molecular formula is C34H40N4O3. The maximum Gasteiger partial charge on any atom is 0.407 e. The Balaban J connectivity index is 1.13. The predicted molar refractivity (Wildman–Crippen MR) is 158 cm³/mol. The number of imidazole rings is 1. The summed E-state index contributed by atoms with van der Waals surface area (Å²) >= 11 is 0. The molecule has 4 aliphatic rings. The van der Waals surface area contributed by atoms with E-state index in [1.54, 1.807) is 11.1 Å². The lowest BCUT2D eigenvalue weighted by molar-refractivity contribution is -0.135. The highest BCUT2D eigenvalue weighted by atomic mass is 16.5. The molecule has 3 aliphatic carbocycles. The van der Waals surface area contributed by atoms with Crippen LogP contribution in [-0.2, 0) is 16.0 Å². The van der Waals surface area contributed by atoms with Gasteiger partial charge < -0.3 is 19.9 Å². The van der Waals surface area contributed by atoms with Crippen molar-refractivity contribution in [1.82, 2.24) is 20.2 Å². The van der Waals surface area contributed by atoms with Crippen LogP contribution in [0.15, 0.2) is 42.6 Å². The standard InChI is InChI=1S/C34H40N4O3/c1-19(2)30(37-33(40)41-4)32(39)38-18-34(13-14-34)16-28(38)31-35-17-27(36-31)22-8-6-21(7-9-22)24-11-5-20(3)26-15-23-10-12-25(23)29(24)26/h5-9,11,17,19,23,25,28,30H,10,12-16,18H2,1-4H3,(H,35,36)(H,37,40)/t23?,25?,28-,30-/m0/s1. The van der Waals surface area contributed by atoms with Crippen LogP contribution in [0.3, 0.4) is 0 Å². The minimum absolute atomic E-state index is 0.0615. The highest BCUT2D eigenvalue weighted by molar-refractivity contribution is 5.86. The predicted octanol–water partition coefficient (Wildman–Crippen LogP) is 6.54. The first-order valence-electron chi connectivity index (χ1n) is 15.2. The Hall–Kier alpha value is -3.61. The van der Waals surface area contributed by atoms with Crippen LogP contribution in [0.2, 0.25) is 0 Å². The van der Waals surface area contributed by atoms with Gasteiger partial charge in [-0.1, -0.05) is 50.2 Å². The second-order valence-electron chi connectivity index (χ2n) is 13.3. The molecule has 2 unspecified atom stereocenters. The van der Waals surface area contributed by atoms with Crippen molar-refractivity contribution in [2.45, 2.75) is 77.3 Å². The summed E-state index contributed by atoms with van der Waals surface area (Å²) in [6, 6.07) is 12.7. The zero-order valence-electron chi connectivity index (χ0n) is 24.5. The Labute approximate surface area is 242 Å². The van der Waals surface area contributed by atoms with Gasteiger partial charge in [-0.25, -0.2) is 9.78 Å². The third-order valence-electron chi connectivity index (χ3n) is 10.4. The lowest BCUT2D eigenvalue weighted by Crippen LogP contribution is -2.51. The summed E-state index contributed by atoms with van der Waals surface area (Å²) in [5.41, 5.74) is 9.51. The Morgan fingerprint density at radius 2 is 1.85 bits per heavy atom. The molecule has 1 spiro atoms. The molecule has 7 nitrogen and oxygen atoms in total. The molecule has 2 N–H and O–H groups in total. The number of aryl methyl sites for hydroxylation is 1. The number of hydrogen-bond acceptors (Lipinski definition) is 4. The van der Waals surface area contributed by atoms with Crippen molar-refractivity contribution in [2.75, 3.05) is 13.7 Å². The molecule has 214 valence electrons. The smallest absolute Gasteiger partial charge is 0.407 e. The molecule has 1 aliphatic heterocycles. The number of fused-ring (bicyclic) bond motifs is 3. The maximum atomic E-state index is 13.7. The van der Waals surface area contributed by atoms with Crippen LogP contribution >= 0.6 is 0 Å². The van der Waals surface area contributed by atoms with E-state index in [0.717, 1.165) is 48.2 Å².